The van der Waals surface area contributed by atoms with E-state index in [0.717, 1.165) is 24.0 Å². The number of benzene rings is 2. The summed E-state index contributed by atoms with van der Waals surface area (Å²) < 4.78 is 5.83. The van der Waals surface area contributed by atoms with Gasteiger partial charge in [-0.25, -0.2) is 4.79 Å². The maximum Gasteiger partial charge on any atom is 0.335 e. The summed E-state index contributed by atoms with van der Waals surface area (Å²) in [6.45, 7) is 4.00. The topological polar surface area (TPSA) is 67.5 Å². The molecular weight excluding hydrogens is 280 g/mol. The lowest BCUT2D eigenvalue weighted by atomic mass is 10.0. The van der Waals surface area contributed by atoms with Crippen molar-refractivity contribution >= 4 is 27.9 Å². The van der Waals surface area contributed by atoms with E-state index in [-0.39, 0.29) is 11.0 Å². The van der Waals surface area contributed by atoms with Gasteiger partial charge in [-0.05, 0) is 48.7 Å². The first-order valence-corrected chi connectivity index (χ1v) is 7.24. The van der Waals surface area contributed by atoms with Crippen molar-refractivity contribution in [2.75, 3.05) is 0 Å². The minimum atomic E-state index is -1.06. The lowest BCUT2D eigenvalue weighted by molar-refractivity contribution is 0.0697. The lowest BCUT2D eigenvalue weighted by Crippen LogP contribution is -2.06. The molecule has 0 bridgehead atoms. The summed E-state index contributed by atoms with van der Waals surface area (Å²) in [5, 5.41) is 9.89. The Bertz CT molecular complexity index is 951. The van der Waals surface area contributed by atoms with Gasteiger partial charge in [-0.15, -0.1) is 0 Å². The van der Waals surface area contributed by atoms with E-state index in [1.807, 2.05) is 19.1 Å². The lowest BCUT2D eigenvalue weighted by Gasteiger charge is -2.07. The number of hydrogen-bond acceptors (Lipinski definition) is 3. The Morgan fingerprint density at radius 3 is 2.64 bits per heavy atom. The quantitative estimate of drug-likeness (QED) is 0.744. The van der Waals surface area contributed by atoms with Gasteiger partial charge in [-0.3, -0.25) is 4.79 Å². The molecule has 3 rings (SSSR count). The second-order valence-corrected chi connectivity index (χ2v) is 5.49. The molecule has 1 heterocycles. The fourth-order valence-corrected chi connectivity index (χ4v) is 2.77. The van der Waals surface area contributed by atoms with Crippen LogP contribution in [0.1, 0.15) is 34.8 Å². The number of carbonyl (C=O) groups is 1. The Morgan fingerprint density at radius 1 is 1.18 bits per heavy atom. The van der Waals surface area contributed by atoms with Gasteiger partial charge in [0.2, 0.25) is 5.43 Å². The van der Waals surface area contributed by atoms with E-state index < -0.39 is 5.97 Å². The Kier molecular flexibility index (Phi) is 3.45. The van der Waals surface area contributed by atoms with Crippen molar-refractivity contribution in [1.82, 2.24) is 0 Å². The average Bonchev–Trinajstić information content (AvgIpc) is 2.49. The molecule has 0 unspecified atom stereocenters. The summed E-state index contributed by atoms with van der Waals surface area (Å²) in [5.41, 5.74) is 2.89. The summed E-state index contributed by atoms with van der Waals surface area (Å²) in [7, 11) is 0. The first-order chi connectivity index (χ1) is 10.5. The molecule has 1 aromatic heterocycles. The standard InChI is InChI=1S/C18H16O4/c1-3-4-11-7-10(2)17-14(8-11)16(19)13-9-12(18(20)21)5-6-15(13)22-17/h5-9H,3-4H2,1-2H3,(H,20,21). The number of fused-ring (bicyclic) bond motifs is 2. The van der Waals surface area contributed by atoms with Crippen LogP contribution in [-0.4, -0.2) is 11.1 Å². The van der Waals surface area contributed by atoms with Gasteiger partial charge in [-0.1, -0.05) is 19.4 Å². The molecule has 22 heavy (non-hydrogen) atoms. The molecule has 112 valence electrons. The summed E-state index contributed by atoms with van der Waals surface area (Å²) in [5.74, 6) is -1.06. The highest BCUT2D eigenvalue weighted by molar-refractivity contribution is 5.96. The minimum Gasteiger partial charge on any atom is -0.478 e. The second-order valence-electron chi connectivity index (χ2n) is 5.49. The summed E-state index contributed by atoms with van der Waals surface area (Å²) >= 11 is 0. The van der Waals surface area contributed by atoms with Gasteiger partial charge in [0.1, 0.15) is 11.2 Å². The third-order valence-electron chi connectivity index (χ3n) is 3.80. The molecule has 1 N–H and O–H groups in total. The predicted octanol–water partition coefficient (Wildman–Crippen LogP) is 3.91. The zero-order valence-electron chi connectivity index (χ0n) is 12.5. The number of carboxylic acid groups (broad SMARTS) is 1. The molecule has 0 fully saturated rings. The molecular formula is C18H16O4. The number of aromatic carboxylic acids is 1. The predicted molar refractivity (Wildman–Crippen MR) is 85.7 cm³/mol. The van der Waals surface area contributed by atoms with E-state index in [0.29, 0.717) is 21.9 Å². The molecule has 4 heteroatoms. The van der Waals surface area contributed by atoms with Crippen molar-refractivity contribution in [1.29, 1.82) is 0 Å². The molecule has 0 aliphatic heterocycles. The maximum atomic E-state index is 12.7. The zero-order chi connectivity index (χ0) is 15.9. The Labute approximate surface area is 127 Å². The van der Waals surface area contributed by atoms with Crippen LogP contribution in [0.5, 0.6) is 0 Å². The number of rotatable bonds is 3. The van der Waals surface area contributed by atoms with Crippen molar-refractivity contribution in [2.45, 2.75) is 26.7 Å². The van der Waals surface area contributed by atoms with Gasteiger partial charge in [-0.2, -0.15) is 0 Å². The molecule has 0 amide bonds. The van der Waals surface area contributed by atoms with Crippen LogP contribution >= 0.6 is 0 Å². The molecule has 0 aliphatic rings. The highest BCUT2D eigenvalue weighted by Crippen LogP contribution is 2.24. The fraction of sp³-hybridized carbons (Fsp3) is 0.222. The minimum absolute atomic E-state index is 0.0839. The van der Waals surface area contributed by atoms with Crippen molar-refractivity contribution in [3.05, 3.63) is 57.2 Å². The van der Waals surface area contributed by atoms with Crippen LogP contribution in [0.25, 0.3) is 21.9 Å². The first kappa shape index (κ1) is 14.3. The molecule has 4 nitrogen and oxygen atoms in total. The van der Waals surface area contributed by atoms with Crippen molar-refractivity contribution in [3.63, 3.8) is 0 Å². The van der Waals surface area contributed by atoms with Crippen molar-refractivity contribution in [2.24, 2.45) is 0 Å². The smallest absolute Gasteiger partial charge is 0.335 e. The summed E-state index contributed by atoms with van der Waals surface area (Å²) in [6.07, 6.45) is 1.89. The van der Waals surface area contributed by atoms with Crippen LogP contribution in [0.2, 0.25) is 0 Å². The van der Waals surface area contributed by atoms with E-state index >= 15 is 0 Å². The largest absolute Gasteiger partial charge is 0.478 e. The van der Waals surface area contributed by atoms with Gasteiger partial charge in [0.05, 0.1) is 16.3 Å². The molecule has 0 saturated carbocycles. The molecule has 0 radical (unpaired) electrons. The van der Waals surface area contributed by atoms with Crippen LogP contribution in [0.3, 0.4) is 0 Å². The van der Waals surface area contributed by atoms with E-state index in [9.17, 15) is 9.59 Å². The monoisotopic (exact) mass is 296 g/mol. The highest BCUT2D eigenvalue weighted by Gasteiger charge is 2.13. The van der Waals surface area contributed by atoms with Crippen LogP contribution in [-0.2, 0) is 6.42 Å². The maximum absolute atomic E-state index is 12.7. The van der Waals surface area contributed by atoms with E-state index in [1.165, 1.54) is 12.1 Å². The Balaban J connectivity index is 2.40. The Morgan fingerprint density at radius 2 is 1.95 bits per heavy atom. The van der Waals surface area contributed by atoms with E-state index in [4.69, 9.17) is 9.52 Å². The molecule has 2 aromatic carbocycles. The first-order valence-electron chi connectivity index (χ1n) is 7.24. The van der Waals surface area contributed by atoms with Crippen LogP contribution in [0, 0.1) is 6.92 Å². The number of aryl methyl sites for hydroxylation is 2. The third-order valence-corrected chi connectivity index (χ3v) is 3.80. The molecule has 0 spiro atoms. The van der Waals surface area contributed by atoms with Gasteiger partial charge >= 0.3 is 5.97 Å². The van der Waals surface area contributed by atoms with E-state index in [2.05, 4.69) is 6.92 Å². The van der Waals surface area contributed by atoms with Crippen molar-refractivity contribution in [3.8, 4) is 0 Å². The molecule has 0 aliphatic carbocycles. The normalized spacial score (nSPS) is 11.2. The van der Waals surface area contributed by atoms with E-state index in [1.54, 1.807) is 6.07 Å². The van der Waals surface area contributed by atoms with Gasteiger partial charge < -0.3 is 9.52 Å². The van der Waals surface area contributed by atoms with Crippen LogP contribution in [0.4, 0.5) is 0 Å². The zero-order valence-corrected chi connectivity index (χ0v) is 12.5. The van der Waals surface area contributed by atoms with Crippen LogP contribution in [0.15, 0.2) is 39.5 Å². The van der Waals surface area contributed by atoms with Gasteiger partial charge in [0.25, 0.3) is 0 Å². The fourth-order valence-electron chi connectivity index (χ4n) is 2.77. The number of carboxylic acids is 1. The molecule has 0 atom stereocenters. The molecule has 3 aromatic rings. The average molecular weight is 296 g/mol. The summed E-state index contributed by atoms with van der Waals surface area (Å²) in [6, 6.07) is 8.25. The SMILES string of the molecule is CCCc1cc(C)c2oc3ccc(C(=O)O)cc3c(=O)c2c1. The van der Waals surface area contributed by atoms with Gasteiger partial charge in [0, 0.05) is 0 Å². The summed E-state index contributed by atoms with van der Waals surface area (Å²) in [4.78, 5) is 23.8. The van der Waals surface area contributed by atoms with Crippen LogP contribution < -0.4 is 5.43 Å². The van der Waals surface area contributed by atoms with Gasteiger partial charge in [0.15, 0.2) is 0 Å². The second kappa shape index (κ2) is 5.30. The highest BCUT2D eigenvalue weighted by atomic mass is 16.4. The van der Waals surface area contributed by atoms with Crippen molar-refractivity contribution < 1.29 is 14.3 Å². The number of hydrogen-bond donors (Lipinski definition) is 1. The molecule has 0 saturated heterocycles. The third kappa shape index (κ3) is 2.26. The Hall–Kier alpha value is -2.62.